The molecule has 2 aliphatic heterocycles. The van der Waals surface area contributed by atoms with Crippen LogP contribution in [-0.2, 0) is 43.8 Å². The summed E-state index contributed by atoms with van der Waals surface area (Å²) in [5, 5.41) is 1.33. The lowest BCUT2D eigenvalue weighted by atomic mass is 9.35. The van der Waals surface area contributed by atoms with Crippen molar-refractivity contribution in [1.82, 2.24) is 0 Å². The molecule has 0 fully saturated rings. The molecule has 2 nitrogen and oxygen atoms in total. The first-order valence-electron chi connectivity index (χ1n) is 28.3. The fraction of sp³-hybridized carbons (Fsp3) is 0.429. The number of benzene rings is 6. The Bertz CT molecular complexity index is 3630. The minimum atomic E-state index is -3.26. The van der Waals surface area contributed by atoms with Crippen molar-refractivity contribution in [3.8, 4) is 11.1 Å². The molecule has 0 bridgehead atoms. The number of nitrogens with zero attached hydrogens (tertiary/aromatic N) is 2. The highest BCUT2D eigenvalue weighted by atomic mass is 32.1. The highest BCUT2D eigenvalue weighted by Gasteiger charge is 2.50. The van der Waals surface area contributed by atoms with Crippen molar-refractivity contribution in [2.45, 2.75) is 193 Å². The van der Waals surface area contributed by atoms with Gasteiger partial charge in [0.1, 0.15) is 0 Å². The number of aryl methyl sites for hydroxylation is 1. The minimum Gasteiger partial charge on any atom is -0.311 e. The highest BCUT2D eigenvalue weighted by Crippen LogP contribution is 2.57. The predicted molar refractivity (Wildman–Crippen MR) is 325 cm³/mol. The monoisotopic (exact) mass is 1030 g/mol. The summed E-state index contributed by atoms with van der Waals surface area (Å²) in [6, 6.07) is 36.4. The van der Waals surface area contributed by atoms with Crippen LogP contribution < -0.4 is 25.5 Å². The van der Waals surface area contributed by atoms with Crippen LogP contribution in [-0.4, -0.2) is 6.71 Å². The van der Waals surface area contributed by atoms with E-state index in [1.165, 1.54) is 76.2 Å². The van der Waals surface area contributed by atoms with Crippen molar-refractivity contribution in [2.24, 2.45) is 0 Å². The van der Waals surface area contributed by atoms with Crippen LogP contribution >= 0.6 is 11.3 Å². The van der Waals surface area contributed by atoms with Gasteiger partial charge in [-0.3, -0.25) is 0 Å². The molecule has 392 valence electrons. The molecule has 0 saturated heterocycles. The van der Waals surface area contributed by atoms with E-state index in [0.717, 1.165) is 78.4 Å². The maximum atomic E-state index is 16.5. The number of hydrogen-bond acceptors (Lipinski definition) is 3. The quantitative estimate of drug-likeness (QED) is 0.125. The lowest BCUT2D eigenvalue weighted by molar-refractivity contribution is 0.0532. The first-order chi connectivity index (χ1) is 35.4. The Balaban J connectivity index is 1.24. The average Bonchev–Trinajstić information content (AvgIpc) is 3.73. The topological polar surface area (TPSA) is 6.48 Å². The number of alkyl halides is 2. The SMILES string of the molecule is C=CC(F)(F)c1ccccc1-c1cc(C(C)(C)C)ccc1N1c2cc3c(cc2B2c4sc5cc6c(cc5c4N(c4ccc5c(c4)C(C)(C)CCC5(C)C)c4cc(C)cc1c42)C(C)(C)CCC6(C)C)C(C)(C)CCC3(C)C. The highest BCUT2D eigenvalue weighted by molar-refractivity contribution is 7.33. The molecule has 3 heterocycles. The van der Waals surface area contributed by atoms with Crippen LogP contribution in [0.2, 0.25) is 0 Å². The van der Waals surface area contributed by atoms with Crippen LogP contribution in [0.25, 0.3) is 21.2 Å². The van der Waals surface area contributed by atoms with Gasteiger partial charge in [0.2, 0.25) is 0 Å². The molecular formula is C70H79BF2N2S. The smallest absolute Gasteiger partial charge is 0.292 e. The van der Waals surface area contributed by atoms with E-state index in [2.05, 4.69) is 200 Å². The van der Waals surface area contributed by atoms with Crippen LogP contribution in [0.4, 0.5) is 42.9 Å². The van der Waals surface area contributed by atoms with Gasteiger partial charge in [0.15, 0.2) is 0 Å². The maximum Gasteiger partial charge on any atom is 0.292 e. The molecule has 6 aromatic carbocycles. The number of allylic oxidation sites excluding steroid dienone is 1. The number of thiophene rings is 1. The number of rotatable bonds is 5. The van der Waals surface area contributed by atoms with Crippen LogP contribution in [0.1, 0.15) is 192 Å². The Hall–Kier alpha value is -5.46. The van der Waals surface area contributed by atoms with E-state index in [9.17, 15) is 0 Å². The summed E-state index contributed by atoms with van der Waals surface area (Å²) >= 11 is 2.00. The first-order valence-corrected chi connectivity index (χ1v) is 29.1. The Morgan fingerprint density at radius 3 is 1.66 bits per heavy atom. The summed E-state index contributed by atoms with van der Waals surface area (Å²) in [6.07, 6.45) is 7.55. The number of hydrogen-bond donors (Lipinski definition) is 0. The van der Waals surface area contributed by atoms with E-state index in [4.69, 9.17) is 0 Å². The lowest BCUT2D eigenvalue weighted by Crippen LogP contribution is -2.61. The zero-order valence-corrected chi connectivity index (χ0v) is 49.2. The van der Waals surface area contributed by atoms with E-state index in [1.54, 1.807) is 12.1 Å². The van der Waals surface area contributed by atoms with E-state index in [0.29, 0.717) is 5.56 Å². The molecule has 0 amide bonds. The summed E-state index contributed by atoms with van der Waals surface area (Å²) < 4.78 is 35.6. The van der Waals surface area contributed by atoms with Gasteiger partial charge in [-0.05, 0) is 205 Å². The van der Waals surface area contributed by atoms with Crippen molar-refractivity contribution in [2.75, 3.05) is 9.80 Å². The lowest BCUT2D eigenvalue weighted by Gasteiger charge is -2.47. The summed E-state index contributed by atoms with van der Waals surface area (Å²) in [5.41, 5.74) is 21.3. The largest absolute Gasteiger partial charge is 0.311 e. The standard InChI is InChI=1S/C70H79BF2N2S/c1-18-70(72,73)47-22-20-19-21-44(47)45-35-42(63(3,4)5)23-26-55(45)75-56-39-52-51(67(12,13)30-31-68(52,14)15)38-54(56)71-60-57(33-41(2)34-58(60)75)74(43-24-25-48-49(36-43)65(8,9)28-27-64(48,6)7)61-46-37-50-53(40-59(46)76-62(61)71)69(16,17)32-29-66(50,10)11/h18-26,33-40H,1,27-32H2,2-17H3. The van der Waals surface area contributed by atoms with Crippen molar-refractivity contribution in [3.63, 3.8) is 0 Å². The Kier molecular flexibility index (Phi) is 11.0. The van der Waals surface area contributed by atoms with Crippen molar-refractivity contribution in [1.29, 1.82) is 0 Å². The average molecular weight is 1030 g/mol. The molecule has 6 heteroatoms. The summed E-state index contributed by atoms with van der Waals surface area (Å²) in [4.78, 5) is 5.17. The third-order valence-corrected chi connectivity index (χ3v) is 21.0. The molecule has 3 aliphatic carbocycles. The van der Waals surface area contributed by atoms with Gasteiger partial charge in [0, 0.05) is 48.7 Å². The van der Waals surface area contributed by atoms with Gasteiger partial charge in [-0.15, -0.1) is 11.3 Å². The second-order valence-electron chi connectivity index (χ2n) is 28.9. The third kappa shape index (κ3) is 7.55. The van der Waals surface area contributed by atoms with Crippen LogP contribution in [0.3, 0.4) is 0 Å². The molecule has 0 saturated carbocycles. The Labute approximate surface area is 458 Å². The molecule has 0 atom stereocenters. The van der Waals surface area contributed by atoms with Crippen LogP contribution in [0.5, 0.6) is 0 Å². The van der Waals surface area contributed by atoms with Gasteiger partial charge in [0.25, 0.3) is 12.6 Å². The molecule has 0 unspecified atom stereocenters. The third-order valence-electron chi connectivity index (χ3n) is 19.8. The fourth-order valence-corrected chi connectivity index (χ4v) is 15.9. The second-order valence-corrected chi connectivity index (χ2v) is 30.0. The zero-order chi connectivity index (χ0) is 54.4. The van der Waals surface area contributed by atoms with E-state index < -0.39 is 5.92 Å². The van der Waals surface area contributed by atoms with Crippen molar-refractivity contribution < 1.29 is 8.78 Å². The molecule has 0 radical (unpaired) electrons. The molecule has 5 aliphatic rings. The zero-order valence-electron chi connectivity index (χ0n) is 48.4. The van der Waals surface area contributed by atoms with Gasteiger partial charge in [0.05, 0.1) is 11.4 Å². The van der Waals surface area contributed by atoms with E-state index in [1.807, 2.05) is 23.5 Å². The number of anilines is 6. The van der Waals surface area contributed by atoms with Gasteiger partial charge in [-0.2, -0.15) is 8.78 Å². The molecule has 0 spiro atoms. The van der Waals surface area contributed by atoms with Crippen molar-refractivity contribution in [3.05, 3.63) is 160 Å². The molecule has 1 aromatic heterocycles. The van der Waals surface area contributed by atoms with Crippen LogP contribution in [0, 0.1) is 6.92 Å². The van der Waals surface area contributed by atoms with Gasteiger partial charge >= 0.3 is 0 Å². The van der Waals surface area contributed by atoms with Gasteiger partial charge < -0.3 is 9.80 Å². The fourth-order valence-electron chi connectivity index (χ4n) is 14.5. The molecule has 7 aromatic rings. The van der Waals surface area contributed by atoms with Crippen molar-refractivity contribution >= 4 is 78.0 Å². The maximum absolute atomic E-state index is 16.5. The second kappa shape index (κ2) is 16.3. The van der Waals surface area contributed by atoms with E-state index >= 15 is 8.78 Å². The van der Waals surface area contributed by atoms with Gasteiger partial charge in [-0.25, -0.2) is 0 Å². The normalized spacial score (nSPS) is 20.0. The number of halogens is 2. The Morgan fingerprint density at radius 2 is 1.07 bits per heavy atom. The first kappa shape index (κ1) is 51.3. The predicted octanol–water partition coefficient (Wildman–Crippen LogP) is 18.6. The minimum absolute atomic E-state index is 0.00314. The van der Waals surface area contributed by atoms with Crippen LogP contribution in [0.15, 0.2) is 110 Å². The molecule has 12 rings (SSSR count). The Morgan fingerprint density at radius 1 is 0.539 bits per heavy atom. The number of fused-ring (bicyclic) bond motifs is 9. The summed E-state index contributed by atoms with van der Waals surface area (Å²) in [7, 11) is 0. The summed E-state index contributed by atoms with van der Waals surface area (Å²) in [6.45, 7) is 41.7. The molecular weight excluding hydrogens is 950 g/mol. The molecule has 76 heavy (non-hydrogen) atoms. The van der Waals surface area contributed by atoms with Gasteiger partial charge in [-0.1, -0.05) is 153 Å². The summed E-state index contributed by atoms with van der Waals surface area (Å²) in [5.74, 6) is -3.26. The van der Waals surface area contributed by atoms with E-state index in [-0.39, 0.29) is 50.2 Å². The molecule has 0 N–H and O–H groups in total.